The minimum atomic E-state index is 0.429. The highest BCUT2D eigenvalue weighted by Crippen LogP contribution is 2.23. The monoisotopic (exact) mass is 208 g/mol. The Hall–Kier alpha value is -0.600. The van der Waals surface area contributed by atoms with Gasteiger partial charge in [-0.05, 0) is 25.2 Å². The fourth-order valence-corrected chi connectivity index (χ4v) is 2.45. The lowest BCUT2D eigenvalue weighted by Crippen LogP contribution is -2.36. The average molecular weight is 208 g/mol. The van der Waals surface area contributed by atoms with E-state index in [1.54, 1.807) is 0 Å². The van der Waals surface area contributed by atoms with Gasteiger partial charge in [-0.2, -0.15) is 0 Å². The highest BCUT2D eigenvalue weighted by Gasteiger charge is 2.20. The summed E-state index contributed by atoms with van der Waals surface area (Å²) in [6.07, 6.45) is 8.95. The normalized spacial score (nSPS) is 26.5. The van der Waals surface area contributed by atoms with Gasteiger partial charge in [0.15, 0.2) is 0 Å². The van der Waals surface area contributed by atoms with Crippen LogP contribution in [0.4, 0.5) is 0 Å². The van der Waals surface area contributed by atoms with E-state index < -0.39 is 0 Å². The first-order valence-electron chi connectivity index (χ1n) is 5.96. The molecule has 1 aliphatic carbocycles. The molecule has 86 valence electrons. The van der Waals surface area contributed by atoms with Crippen molar-refractivity contribution in [2.75, 3.05) is 19.6 Å². The fraction of sp³-hybridized carbons (Fsp3) is 0.692. The zero-order valence-corrected chi connectivity index (χ0v) is 9.70. The van der Waals surface area contributed by atoms with Crippen molar-refractivity contribution in [3.8, 4) is 0 Å². The third kappa shape index (κ3) is 4.63. The smallest absolute Gasteiger partial charge is 0.0164 e. The van der Waals surface area contributed by atoms with Crippen LogP contribution in [0.5, 0.6) is 0 Å². The summed E-state index contributed by atoms with van der Waals surface area (Å²) >= 11 is 0. The van der Waals surface area contributed by atoms with Crippen molar-refractivity contribution >= 4 is 0 Å². The van der Waals surface area contributed by atoms with Crippen molar-refractivity contribution in [3.05, 3.63) is 25.3 Å². The Balaban J connectivity index is 2.34. The maximum atomic E-state index is 5.99. The largest absolute Gasteiger partial charge is 0.328 e. The third-order valence-electron chi connectivity index (χ3n) is 3.11. The van der Waals surface area contributed by atoms with Gasteiger partial charge < -0.3 is 5.73 Å². The lowest BCUT2D eigenvalue weighted by molar-refractivity contribution is 0.220. The van der Waals surface area contributed by atoms with E-state index in [1.807, 2.05) is 12.2 Å². The summed E-state index contributed by atoms with van der Waals surface area (Å²) in [5.41, 5.74) is 5.99. The van der Waals surface area contributed by atoms with Crippen LogP contribution < -0.4 is 5.73 Å². The van der Waals surface area contributed by atoms with E-state index in [4.69, 9.17) is 5.73 Å². The zero-order chi connectivity index (χ0) is 11.1. The molecule has 2 unspecified atom stereocenters. The van der Waals surface area contributed by atoms with Crippen molar-refractivity contribution in [2.24, 2.45) is 11.7 Å². The molecular formula is C13H24N2. The number of hydrogen-bond donors (Lipinski definition) is 1. The van der Waals surface area contributed by atoms with Crippen molar-refractivity contribution < 1.29 is 0 Å². The third-order valence-corrected chi connectivity index (χ3v) is 3.11. The van der Waals surface area contributed by atoms with Crippen LogP contribution in [-0.4, -0.2) is 30.6 Å². The maximum absolute atomic E-state index is 5.99. The highest BCUT2D eigenvalue weighted by atomic mass is 15.1. The molecule has 0 aromatic carbocycles. The molecule has 0 aliphatic heterocycles. The van der Waals surface area contributed by atoms with Crippen LogP contribution in [0.25, 0.3) is 0 Å². The molecule has 1 rings (SSSR count). The van der Waals surface area contributed by atoms with E-state index in [1.165, 1.54) is 25.7 Å². The number of hydrogen-bond acceptors (Lipinski definition) is 2. The second kappa shape index (κ2) is 6.81. The number of rotatable bonds is 6. The first-order chi connectivity index (χ1) is 7.26. The number of nitrogens with zero attached hydrogens (tertiary/aromatic N) is 1. The van der Waals surface area contributed by atoms with Crippen molar-refractivity contribution in [1.82, 2.24) is 4.90 Å². The lowest BCUT2D eigenvalue weighted by Gasteiger charge is -2.31. The predicted molar refractivity (Wildman–Crippen MR) is 66.8 cm³/mol. The van der Waals surface area contributed by atoms with E-state index in [0.717, 1.165) is 25.6 Å². The standard InChI is InChI=1S/C13H24N2/c1-3-8-15(9-4-2)11-12-6-5-7-13(14)10-12/h3-4,12-13H,1-2,5-11,14H2. The molecule has 0 aromatic heterocycles. The van der Waals surface area contributed by atoms with E-state index in [-0.39, 0.29) is 0 Å². The second-order valence-electron chi connectivity index (χ2n) is 4.59. The molecular weight excluding hydrogens is 184 g/mol. The minimum Gasteiger partial charge on any atom is -0.328 e. The van der Waals surface area contributed by atoms with Gasteiger partial charge in [0.05, 0.1) is 0 Å². The van der Waals surface area contributed by atoms with Gasteiger partial charge in [0.25, 0.3) is 0 Å². The van der Waals surface area contributed by atoms with Gasteiger partial charge in [0.2, 0.25) is 0 Å². The van der Waals surface area contributed by atoms with E-state index in [9.17, 15) is 0 Å². The van der Waals surface area contributed by atoms with Crippen LogP contribution in [-0.2, 0) is 0 Å². The van der Waals surface area contributed by atoms with Gasteiger partial charge in [0, 0.05) is 25.7 Å². The van der Waals surface area contributed by atoms with Gasteiger partial charge >= 0.3 is 0 Å². The zero-order valence-electron chi connectivity index (χ0n) is 9.70. The molecule has 0 heterocycles. The molecule has 2 heteroatoms. The average Bonchev–Trinajstić information content (AvgIpc) is 2.18. The maximum Gasteiger partial charge on any atom is 0.0164 e. The van der Waals surface area contributed by atoms with Crippen LogP contribution in [0.2, 0.25) is 0 Å². The minimum absolute atomic E-state index is 0.429. The second-order valence-corrected chi connectivity index (χ2v) is 4.59. The van der Waals surface area contributed by atoms with Crippen LogP contribution >= 0.6 is 0 Å². The summed E-state index contributed by atoms with van der Waals surface area (Å²) in [5.74, 6) is 0.772. The summed E-state index contributed by atoms with van der Waals surface area (Å²) in [5, 5.41) is 0. The molecule has 0 radical (unpaired) electrons. The molecule has 1 saturated carbocycles. The van der Waals surface area contributed by atoms with Crippen molar-refractivity contribution in [3.63, 3.8) is 0 Å². The summed E-state index contributed by atoms with van der Waals surface area (Å²) in [4.78, 5) is 2.39. The van der Waals surface area contributed by atoms with Crippen LogP contribution in [0.15, 0.2) is 25.3 Å². The molecule has 1 fully saturated rings. The molecule has 2 atom stereocenters. The Morgan fingerprint density at radius 3 is 2.40 bits per heavy atom. The van der Waals surface area contributed by atoms with Gasteiger partial charge in [-0.1, -0.05) is 18.6 Å². The molecule has 2 N–H and O–H groups in total. The Labute approximate surface area is 93.8 Å². The Morgan fingerprint density at radius 2 is 1.87 bits per heavy atom. The first-order valence-corrected chi connectivity index (χ1v) is 5.96. The topological polar surface area (TPSA) is 29.3 Å². The van der Waals surface area contributed by atoms with Crippen molar-refractivity contribution in [1.29, 1.82) is 0 Å². The van der Waals surface area contributed by atoms with Crippen LogP contribution in [0.1, 0.15) is 25.7 Å². The quantitative estimate of drug-likeness (QED) is 0.678. The van der Waals surface area contributed by atoms with Gasteiger partial charge in [0.1, 0.15) is 0 Å². The van der Waals surface area contributed by atoms with E-state index >= 15 is 0 Å². The Bertz CT molecular complexity index is 191. The molecule has 0 saturated heterocycles. The molecule has 1 aliphatic rings. The first kappa shape index (κ1) is 12.5. The summed E-state index contributed by atoms with van der Waals surface area (Å²) in [6, 6.07) is 0.429. The van der Waals surface area contributed by atoms with Crippen molar-refractivity contribution in [2.45, 2.75) is 31.7 Å². The molecule has 0 bridgehead atoms. The molecule has 0 spiro atoms. The van der Waals surface area contributed by atoms with Crippen LogP contribution in [0, 0.1) is 5.92 Å². The summed E-state index contributed by atoms with van der Waals surface area (Å²) < 4.78 is 0. The highest BCUT2D eigenvalue weighted by molar-refractivity contribution is 4.83. The summed E-state index contributed by atoms with van der Waals surface area (Å²) in [6.45, 7) is 10.6. The molecule has 0 aromatic rings. The van der Waals surface area contributed by atoms with E-state index in [2.05, 4.69) is 18.1 Å². The van der Waals surface area contributed by atoms with Gasteiger partial charge in [-0.3, -0.25) is 4.90 Å². The SMILES string of the molecule is C=CCN(CC=C)CC1CCCC(N)C1. The van der Waals surface area contributed by atoms with Gasteiger partial charge in [-0.15, -0.1) is 13.2 Å². The molecule has 2 nitrogen and oxygen atoms in total. The fourth-order valence-electron chi connectivity index (χ4n) is 2.45. The lowest BCUT2D eigenvalue weighted by atomic mass is 9.86. The Morgan fingerprint density at radius 1 is 1.20 bits per heavy atom. The van der Waals surface area contributed by atoms with Gasteiger partial charge in [-0.25, -0.2) is 0 Å². The predicted octanol–water partition coefficient (Wildman–Crippen LogP) is 2.18. The summed E-state index contributed by atoms with van der Waals surface area (Å²) in [7, 11) is 0. The van der Waals surface area contributed by atoms with E-state index in [0.29, 0.717) is 6.04 Å². The Kier molecular flexibility index (Phi) is 5.66. The molecule has 0 amide bonds. The number of nitrogens with two attached hydrogens (primary N) is 1. The van der Waals surface area contributed by atoms with Crippen LogP contribution in [0.3, 0.4) is 0 Å². The molecule has 15 heavy (non-hydrogen) atoms.